The van der Waals surface area contributed by atoms with Crippen LogP contribution in [0.5, 0.6) is 17.2 Å². The summed E-state index contributed by atoms with van der Waals surface area (Å²) in [5.41, 5.74) is 1.57. The molecule has 0 saturated heterocycles. The molecule has 2 aromatic carbocycles. The number of ether oxygens (including phenoxy) is 2. The van der Waals surface area contributed by atoms with E-state index in [4.69, 9.17) is 9.47 Å². The van der Waals surface area contributed by atoms with Gasteiger partial charge in [0.1, 0.15) is 16.8 Å². The van der Waals surface area contributed by atoms with Crippen LogP contribution in [-0.2, 0) is 0 Å². The maximum Gasteiger partial charge on any atom is 0.315 e. The zero-order valence-electron chi connectivity index (χ0n) is 15.4. The minimum absolute atomic E-state index is 0.0565. The van der Waals surface area contributed by atoms with Crippen molar-refractivity contribution in [3.63, 3.8) is 0 Å². The number of nitro groups is 1. The fourth-order valence-electron chi connectivity index (χ4n) is 2.61. The Bertz CT molecular complexity index is 1150. The van der Waals surface area contributed by atoms with Gasteiger partial charge in [0.05, 0.1) is 30.4 Å². The summed E-state index contributed by atoms with van der Waals surface area (Å²) >= 11 is 1.28. The quantitative estimate of drug-likeness (QED) is 0.361. The van der Waals surface area contributed by atoms with Crippen LogP contribution in [0, 0.1) is 21.4 Å². The number of aromatic hydroxyl groups is 1. The zero-order chi connectivity index (χ0) is 21.0. The van der Waals surface area contributed by atoms with Crippen LogP contribution in [0.3, 0.4) is 0 Å². The molecule has 0 aliphatic rings. The molecule has 0 unspecified atom stereocenters. The van der Waals surface area contributed by atoms with Gasteiger partial charge in [0.2, 0.25) is 5.75 Å². The molecule has 146 valence electrons. The van der Waals surface area contributed by atoms with Crippen LogP contribution in [0.2, 0.25) is 0 Å². The first kappa shape index (κ1) is 19.9. The van der Waals surface area contributed by atoms with E-state index in [1.54, 1.807) is 7.11 Å². The predicted octanol–water partition coefficient (Wildman–Crippen LogP) is 4.51. The third kappa shape index (κ3) is 4.17. The van der Waals surface area contributed by atoms with Crippen LogP contribution in [0.1, 0.15) is 10.6 Å². The van der Waals surface area contributed by atoms with Gasteiger partial charge in [-0.25, -0.2) is 4.98 Å². The molecule has 0 spiro atoms. The molecule has 1 aromatic heterocycles. The number of nitrogens with zero attached hydrogens (tertiary/aromatic N) is 3. The number of aromatic nitrogens is 1. The van der Waals surface area contributed by atoms with Crippen molar-refractivity contribution in [3.05, 3.63) is 62.5 Å². The number of nitro benzene ring substituents is 1. The van der Waals surface area contributed by atoms with Gasteiger partial charge in [0, 0.05) is 17.0 Å². The first-order valence-corrected chi connectivity index (χ1v) is 9.12. The van der Waals surface area contributed by atoms with Crippen LogP contribution in [0.4, 0.5) is 5.69 Å². The van der Waals surface area contributed by atoms with Crippen LogP contribution < -0.4 is 9.47 Å². The van der Waals surface area contributed by atoms with Crippen molar-refractivity contribution in [3.8, 4) is 34.6 Å². The van der Waals surface area contributed by atoms with Gasteiger partial charge >= 0.3 is 5.69 Å². The fourth-order valence-corrected chi connectivity index (χ4v) is 3.41. The average molecular weight is 409 g/mol. The van der Waals surface area contributed by atoms with Gasteiger partial charge in [-0.05, 0) is 29.8 Å². The second-order valence-corrected chi connectivity index (χ2v) is 6.65. The summed E-state index contributed by atoms with van der Waals surface area (Å²) in [5, 5.41) is 32.9. The van der Waals surface area contributed by atoms with Gasteiger partial charge in [-0.3, -0.25) is 10.1 Å². The molecule has 0 fully saturated rings. The molecule has 0 bridgehead atoms. The van der Waals surface area contributed by atoms with Crippen molar-refractivity contribution in [2.24, 2.45) is 0 Å². The lowest BCUT2D eigenvalue weighted by Crippen LogP contribution is -1.93. The molecular formula is C20H15N3O5S. The average Bonchev–Trinajstić information content (AvgIpc) is 3.22. The first-order chi connectivity index (χ1) is 14.0. The summed E-state index contributed by atoms with van der Waals surface area (Å²) in [5.74, 6) is 0.0678. The third-order valence-electron chi connectivity index (χ3n) is 4.03. The standard InChI is InChI=1S/C20H15N3O5S/c1-27-15-5-3-4-13(9-15)16-11-29-20(22-16)14(10-21)6-12-7-17(23(25)26)19(24)18(8-12)28-2/h3-9,11,24H,1-2H3/b14-6-. The lowest BCUT2D eigenvalue weighted by molar-refractivity contribution is -0.386. The molecule has 1 heterocycles. The molecule has 3 rings (SSSR count). The smallest absolute Gasteiger partial charge is 0.315 e. The number of hydrogen-bond donors (Lipinski definition) is 1. The van der Waals surface area contributed by atoms with E-state index in [0.717, 1.165) is 5.56 Å². The predicted molar refractivity (Wildman–Crippen MR) is 109 cm³/mol. The van der Waals surface area contributed by atoms with Gasteiger partial charge in [0.25, 0.3) is 0 Å². The molecule has 1 N–H and O–H groups in total. The highest BCUT2D eigenvalue weighted by atomic mass is 32.1. The molecule has 0 aliphatic heterocycles. The molecule has 0 radical (unpaired) electrons. The fraction of sp³-hybridized carbons (Fsp3) is 0.100. The van der Waals surface area contributed by atoms with E-state index >= 15 is 0 Å². The summed E-state index contributed by atoms with van der Waals surface area (Å²) in [4.78, 5) is 14.9. The van der Waals surface area contributed by atoms with Crippen LogP contribution in [-0.4, -0.2) is 29.2 Å². The highest BCUT2D eigenvalue weighted by Crippen LogP contribution is 2.38. The van der Waals surface area contributed by atoms with Gasteiger partial charge in [-0.15, -0.1) is 11.3 Å². The zero-order valence-corrected chi connectivity index (χ0v) is 16.3. The molecule has 8 nitrogen and oxygen atoms in total. The molecular weight excluding hydrogens is 394 g/mol. The minimum atomic E-state index is -0.717. The summed E-state index contributed by atoms with van der Waals surface area (Å²) in [7, 11) is 2.87. The number of nitriles is 1. The van der Waals surface area contributed by atoms with E-state index in [2.05, 4.69) is 11.1 Å². The minimum Gasteiger partial charge on any atom is -0.500 e. The summed E-state index contributed by atoms with van der Waals surface area (Å²) in [6.07, 6.45) is 1.46. The molecule has 0 atom stereocenters. The van der Waals surface area contributed by atoms with Gasteiger partial charge in [0.15, 0.2) is 5.75 Å². The maximum atomic E-state index is 11.2. The molecule has 0 aliphatic carbocycles. The normalized spacial score (nSPS) is 11.0. The largest absolute Gasteiger partial charge is 0.500 e. The SMILES string of the molecule is COc1cccc(-c2csc(/C(C#N)=C\c3cc(OC)c(O)c([N+](=O)[O-])c3)n2)c1. The number of rotatable bonds is 6. The Morgan fingerprint density at radius 1 is 1.31 bits per heavy atom. The Labute approximate surface area is 170 Å². The lowest BCUT2D eigenvalue weighted by atomic mass is 10.1. The summed E-state index contributed by atoms with van der Waals surface area (Å²) < 4.78 is 10.2. The van der Waals surface area contributed by atoms with E-state index in [1.807, 2.05) is 29.6 Å². The highest BCUT2D eigenvalue weighted by molar-refractivity contribution is 7.11. The van der Waals surface area contributed by atoms with Crippen molar-refractivity contribution in [2.45, 2.75) is 0 Å². The number of phenols is 1. The first-order valence-electron chi connectivity index (χ1n) is 8.24. The number of benzene rings is 2. The molecule has 3 aromatic rings. The van der Waals surface area contributed by atoms with Crippen molar-refractivity contribution in [2.75, 3.05) is 14.2 Å². The topological polar surface area (TPSA) is 119 Å². The maximum absolute atomic E-state index is 11.2. The highest BCUT2D eigenvalue weighted by Gasteiger charge is 2.20. The van der Waals surface area contributed by atoms with Crippen molar-refractivity contribution in [1.29, 1.82) is 5.26 Å². The van der Waals surface area contributed by atoms with Crippen molar-refractivity contribution < 1.29 is 19.5 Å². The molecule has 0 saturated carbocycles. The van der Waals surface area contributed by atoms with Gasteiger partial charge in [-0.1, -0.05) is 12.1 Å². The number of thiazole rings is 1. The van der Waals surface area contributed by atoms with E-state index in [0.29, 0.717) is 22.0 Å². The number of allylic oxidation sites excluding steroid dienone is 1. The Balaban J connectivity index is 2.02. The van der Waals surface area contributed by atoms with E-state index in [1.165, 1.54) is 36.7 Å². The van der Waals surface area contributed by atoms with E-state index < -0.39 is 16.4 Å². The second-order valence-electron chi connectivity index (χ2n) is 5.79. The van der Waals surface area contributed by atoms with Crippen LogP contribution in [0.25, 0.3) is 22.9 Å². The Morgan fingerprint density at radius 2 is 2.10 bits per heavy atom. The van der Waals surface area contributed by atoms with Crippen molar-refractivity contribution in [1.82, 2.24) is 4.98 Å². The van der Waals surface area contributed by atoms with Crippen LogP contribution >= 0.6 is 11.3 Å². The third-order valence-corrected chi connectivity index (χ3v) is 4.90. The van der Waals surface area contributed by atoms with Crippen molar-refractivity contribution >= 4 is 28.7 Å². The van der Waals surface area contributed by atoms with Crippen LogP contribution in [0.15, 0.2) is 41.8 Å². The number of phenolic OH excluding ortho intramolecular Hbond substituents is 1. The molecule has 9 heteroatoms. The van der Waals surface area contributed by atoms with Gasteiger partial charge < -0.3 is 14.6 Å². The summed E-state index contributed by atoms with van der Waals surface area (Å²) in [6, 6.07) is 12.0. The molecule has 0 amide bonds. The summed E-state index contributed by atoms with van der Waals surface area (Å²) in [6.45, 7) is 0. The monoisotopic (exact) mass is 409 g/mol. The Hall–Kier alpha value is -3.90. The van der Waals surface area contributed by atoms with E-state index in [-0.39, 0.29) is 11.3 Å². The van der Waals surface area contributed by atoms with E-state index in [9.17, 15) is 20.5 Å². The Kier molecular flexibility index (Phi) is 5.76. The lowest BCUT2D eigenvalue weighted by Gasteiger charge is -2.05. The second kappa shape index (κ2) is 8.41. The Morgan fingerprint density at radius 3 is 2.76 bits per heavy atom. The number of methoxy groups -OCH3 is 2. The van der Waals surface area contributed by atoms with Gasteiger partial charge in [-0.2, -0.15) is 5.26 Å². The number of hydrogen-bond acceptors (Lipinski definition) is 8. The molecule has 29 heavy (non-hydrogen) atoms.